The zero-order valence-corrected chi connectivity index (χ0v) is 19.6. The number of nitrogens with one attached hydrogen (secondary N) is 1. The van der Waals surface area contributed by atoms with E-state index in [1.54, 1.807) is 12.1 Å². The number of rotatable bonds is 5. The van der Waals surface area contributed by atoms with Crippen LogP contribution in [0.2, 0.25) is 0 Å². The molecule has 1 aromatic carbocycles. The Morgan fingerprint density at radius 2 is 1.78 bits per heavy atom. The number of fused-ring (bicyclic) bond motifs is 1. The Morgan fingerprint density at radius 3 is 2.36 bits per heavy atom. The number of hydrogen-bond donors (Lipinski definition) is 1. The molecule has 4 aromatic rings. The third-order valence-electron chi connectivity index (χ3n) is 6.44. The summed E-state index contributed by atoms with van der Waals surface area (Å²) in [6.07, 6.45) is -1.22. The molecule has 11 heteroatoms. The number of benzene rings is 1. The first-order valence-corrected chi connectivity index (χ1v) is 12.6. The number of alkyl halides is 3. The third kappa shape index (κ3) is 3.91. The molecule has 1 aliphatic rings. The largest absolute Gasteiger partial charge is 0.417 e. The molecule has 0 spiro atoms. The zero-order chi connectivity index (χ0) is 25.9. The highest BCUT2D eigenvalue weighted by Gasteiger charge is 2.44. The Hall–Kier alpha value is -3.78. The van der Waals surface area contributed by atoms with Crippen molar-refractivity contribution < 1.29 is 26.0 Å². The van der Waals surface area contributed by atoms with E-state index in [1.165, 1.54) is 19.2 Å². The quantitative estimate of drug-likeness (QED) is 0.340. The third-order valence-corrected chi connectivity index (χ3v) is 8.18. The summed E-state index contributed by atoms with van der Waals surface area (Å²) in [4.78, 5) is 10.1. The summed E-state index contributed by atoms with van der Waals surface area (Å²) in [5.74, 6) is -1.30. The van der Waals surface area contributed by atoms with Crippen LogP contribution in [0.4, 0.5) is 17.6 Å². The Kier molecular flexibility index (Phi) is 5.41. The van der Waals surface area contributed by atoms with E-state index in [0.717, 1.165) is 18.4 Å². The van der Waals surface area contributed by atoms with Gasteiger partial charge in [0.15, 0.2) is 15.7 Å². The zero-order valence-electron chi connectivity index (χ0n) is 18.8. The molecule has 0 saturated heterocycles. The van der Waals surface area contributed by atoms with Crippen molar-refractivity contribution in [2.24, 2.45) is 0 Å². The highest BCUT2D eigenvalue weighted by Crippen LogP contribution is 2.47. The highest BCUT2D eigenvalue weighted by atomic mass is 32.2. The maximum Gasteiger partial charge on any atom is 0.417 e. The smallest absolute Gasteiger partial charge is 0.349 e. The number of nitrogens with zero attached hydrogens (tertiary/aromatic N) is 3. The first-order valence-electron chi connectivity index (χ1n) is 11.0. The molecule has 3 aromatic heterocycles. The summed E-state index contributed by atoms with van der Waals surface area (Å²) < 4.78 is 80.3. The molecule has 0 atom stereocenters. The summed E-state index contributed by atoms with van der Waals surface area (Å²) in [6.45, 7) is 1.43. The van der Waals surface area contributed by atoms with Gasteiger partial charge in [-0.3, -0.25) is 9.97 Å². The van der Waals surface area contributed by atoms with Crippen molar-refractivity contribution in [3.63, 3.8) is 0 Å². The van der Waals surface area contributed by atoms with Gasteiger partial charge in [0.25, 0.3) is 0 Å². The van der Waals surface area contributed by atoms with Crippen molar-refractivity contribution in [2.75, 3.05) is 5.75 Å². The molecular weight excluding hydrogens is 496 g/mol. The molecule has 36 heavy (non-hydrogen) atoms. The van der Waals surface area contributed by atoms with Crippen molar-refractivity contribution in [3.05, 3.63) is 65.7 Å². The number of halogens is 4. The maximum atomic E-state index is 15.2. The van der Waals surface area contributed by atoms with Crippen LogP contribution in [-0.2, 0) is 21.4 Å². The molecule has 184 valence electrons. The standard InChI is InChI=1S/C25H18F4N4O2S/c1-2-36(34,35)19-9-15(14-3-5-16(6-4-14)24(13-30)7-8-24)11-31-22(19)23-20(26)21-18(33-23)10-17(12-32-21)25(27,28)29/h3-6,9-12,33H,2,7-8H2,1H3. The minimum absolute atomic E-state index is 0.231. The van der Waals surface area contributed by atoms with Gasteiger partial charge in [-0.05, 0) is 36.1 Å². The number of nitriles is 1. The molecule has 0 aliphatic heterocycles. The van der Waals surface area contributed by atoms with Crippen LogP contribution >= 0.6 is 0 Å². The molecule has 0 radical (unpaired) electrons. The van der Waals surface area contributed by atoms with Gasteiger partial charge in [0.1, 0.15) is 16.9 Å². The van der Waals surface area contributed by atoms with Crippen LogP contribution in [0, 0.1) is 17.1 Å². The second-order valence-electron chi connectivity index (χ2n) is 8.68. The molecular formula is C25H18F4N4O2S. The maximum absolute atomic E-state index is 15.2. The van der Waals surface area contributed by atoms with Gasteiger partial charge in [0, 0.05) is 18.0 Å². The fraction of sp³-hybridized carbons (Fsp3) is 0.240. The van der Waals surface area contributed by atoms with Crippen LogP contribution in [0.3, 0.4) is 0 Å². The average Bonchev–Trinajstić information content (AvgIpc) is 3.61. The van der Waals surface area contributed by atoms with Crippen molar-refractivity contribution in [1.82, 2.24) is 15.0 Å². The van der Waals surface area contributed by atoms with Gasteiger partial charge in [-0.2, -0.15) is 18.4 Å². The van der Waals surface area contributed by atoms with E-state index in [-0.39, 0.29) is 33.1 Å². The molecule has 1 aliphatic carbocycles. The molecule has 3 heterocycles. The average molecular weight is 515 g/mol. The lowest BCUT2D eigenvalue weighted by atomic mass is 9.95. The molecule has 0 bridgehead atoms. The van der Waals surface area contributed by atoms with Crippen LogP contribution in [0.15, 0.2) is 53.7 Å². The molecule has 1 fully saturated rings. The Morgan fingerprint density at radius 1 is 1.08 bits per heavy atom. The Bertz CT molecular complexity index is 1650. The van der Waals surface area contributed by atoms with E-state index in [2.05, 4.69) is 21.0 Å². The van der Waals surface area contributed by atoms with Gasteiger partial charge in [-0.1, -0.05) is 31.2 Å². The topological polar surface area (TPSA) is 99.5 Å². The number of aromatic nitrogens is 3. The summed E-state index contributed by atoms with van der Waals surface area (Å²) in [5.41, 5.74) is -0.759. The number of sulfone groups is 1. The van der Waals surface area contributed by atoms with E-state index in [9.17, 15) is 26.9 Å². The number of aromatic amines is 1. The molecule has 0 unspecified atom stereocenters. The highest BCUT2D eigenvalue weighted by molar-refractivity contribution is 7.91. The van der Waals surface area contributed by atoms with Crippen LogP contribution in [-0.4, -0.2) is 29.1 Å². The fourth-order valence-corrected chi connectivity index (χ4v) is 5.18. The van der Waals surface area contributed by atoms with Gasteiger partial charge in [-0.15, -0.1) is 0 Å². The second kappa shape index (κ2) is 8.13. The van der Waals surface area contributed by atoms with Crippen molar-refractivity contribution in [2.45, 2.75) is 36.3 Å². The summed E-state index contributed by atoms with van der Waals surface area (Å²) in [7, 11) is -3.91. The molecule has 5 rings (SSSR count). The molecule has 1 saturated carbocycles. The number of hydrogen-bond acceptors (Lipinski definition) is 5. The predicted molar refractivity (Wildman–Crippen MR) is 124 cm³/mol. The second-order valence-corrected chi connectivity index (χ2v) is 10.9. The van der Waals surface area contributed by atoms with Gasteiger partial charge in [0.2, 0.25) is 0 Å². The van der Waals surface area contributed by atoms with E-state index in [1.807, 2.05) is 12.1 Å². The summed E-state index contributed by atoms with van der Waals surface area (Å²) >= 11 is 0. The normalized spacial score (nSPS) is 15.1. The minimum Gasteiger partial charge on any atom is -0.349 e. The van der Waals surface area contributed by atoms with Crippen molar-refractivity contribution in [1.29, 1.82) is 5.26 Å². The minimum atomic E-state index is -4.68. The number of H-pyrrole nitrogens is 1. The van der Waals surface area contributed by atoms with Gasteiger partial charge < -0.3 is 4.98 Å². The SMILES string of the molecule is CCS(=O)(=O)c1cc(-c2ccc(C3(C#N)CC3)cc2)cnc1-c1[nH]c2cc(C(F)(F)F)cnc2c1F. The monoisotopic (exact) mass is 514 g/mol. The lowest BCUT2D eigenvalue weighted by Gasteiger charge is -2.12. The summed E-state index contributed by atoms with van der Waals surface area (Å²) in [5, 5.41) is 9.40. The van der Waals surface area contributed by atoms with E-state index in [0.29, 0.717) is 23.4 Å². The first-order chi connectivity index (χ1) is 17.0. The van der Waals surface area contributed by atoms with E-state index in [4.69, 9.17) is 0 Å². The summed E-state index contributed by atoms with van der Waals surface area (Å²) in [6, 6.07) is 11.6. The molecule has 6 nitrogen and oxygen atoms in total. The van der Waals surface area contributed by atoms with Gasteiger partial charge >= 0.3 is 6.18 Å². The Labute approximate surface area is 203 Å². The van der Waals surface area contributed by atoms with Crippen LogP contribution < -0.4 is 0 Å². The first kappa shape index (κ1) is 23.9. The fourth-order valence-electron chi connectivity index (χ4n) is 4.12. The van der Waals surface area contributed by atoms with E-state index < -0.39 is 32.8 Å². The lowest BCUT2D eigenvalue weighted by molar-refractivity contribution is -0.137. The molecule has 1 N–H and O–H groups in total. The van der Waals surface area contributed by atoms with Crippen molar-refractivity contribution in [3.8, 4) is 28.6 Å². The van der Waals surface area contributed by atoms with Gasteiger partial charge in [-0.25, -0.2) is 12.8 Å². The van der Waals surface area contributed by atoms with Crippen molar-refractivity contribution >= 4 is 20.9 Å². The number of pyridine rings is 2. The van der Waals surface area contributed by atoms with E-state index >= 15 is 4.39 Å². The van der Waals surface area contributed by atoms with Gasteiger partial charge in [0.05, 0.1) is 33.2 Å². The van der Waals surface area contributed by atoms with Crippen LogP contribution in [0.5, 0.6) is 0 Å². The lowest BCUT2D eigenvalue weighted by Crippen LogP contribution is -2.08. The Balaban J connectivity index is 1.63. The molecule has 0 amide bonds. The predicted octanol–water partition coefficient (Wildman–Crippen LogP) is 5.80. The van der Waals surface area contributed by atoms with Crippen LogP contribution in [0.25, 0.3) is 33.5 Å². The van der Waals surface area contributed by atoms with Crippen LogP contribution in [0.1, 0.15) is 30.9 Å².